The van der Waals surface area contributed by atoms with Gasteiger partial charge in [0, 0.05) is 18.3 Å². The van der Waals surface area contributed by atoms with E-state index < -0.39 is 11.8 Å². The summed E-state index contributed by atoms with van der Waals surface area (Å²) in [5, 5.41) is 14.5. The number of hydrogen-bond donors (Lipinski definition) is 3. The van der Waals surface area contributed by atoms with Gasteiger partial charge in [0.2, 0.25) is 0 Å². The summed E-state index contributed by atoms with van der Waals surface area (Å²) in [6.45, 7) is 0.269. The molecule has 2 amide bonds. The molecule has 2 aromatic rings. The first-order valence-electron chi connectivity index (χ1n) is 8.09. The summed E-state index contributed by atoms with van der Waals surface area (Å²) in [5.74, 6) is -0.771. The van der Waals surface area contributed by atoms with Crippen LogP contribution in [0.3, 0.4) is 0 Å². The lowest BCUT2D eigenvalue weighted by Crippen LogP contribution is -2.40. The van der Waals surface area contributed by atoms with E-state index in [2.05, 4.69) is 10.6 Å². The van der Waals surface area contributed by atoms with Gasteiger partial charge < -0.3 is 25.4 Å². The van der Waals surface area contributed by atoms with Gasteiger partial charge in [-0.2, -0.15) is 0 Å². The molecular weight excluding hydrogens is 334 g/mol. The SMILES string of the molecule is COc1ccc(C(CNC(=O)C(=O)Nc2cccc(O)c2)N(C)C)cc1. The van der Waals surface area contributed by atoms with Crippen LogP contribution in [0, 0.1) is 0 Å². The number of hydrogen-bond acceptors (Lipinski definition) is 5. The van der Waals surface area contributed by atoms with Crippen LogP contribution in [0.5, 0.6) is 11.5 Å². The Morgan fingerprint density at radius 2 is 1.81 bits per heavy atom. The maximum absolute atomic E-state index is 12.1. The van der Waals surface area contributed by atoms with Gasteiger partial charge in [-0.15, -0.1) is 0 Å². The van der Waals surface area contributed by atoms with Gasteiger partial charge in [0.15, 0.2) is 0 Å². The van der Waals surface area contributed by atoms with Crippen molar-refractivity contribution in [1.29, 1.82) is 0 Å². The maximum atomic E-state index is 12.1. The number of amides is 2. The van der Waals surface area contributed by atoms with Crippen LogP contribution in [0.2, 0.25) is 0 Å². The van der Waals surface area contributed by atoms with Crippen molar-refractivity contribution in [1.82, 2.24) is 10.2 Å². The summed E-state index contributed by atoms with van der Waals surface area (Å²) in [4.78, 5) is 26.0. The number of ether oxygens (including phenoxy) is 1. The highest BCUT2D eigenvalue weighted by molar-refractivity contribution is 6.39. The zero-order valence-electron chi connectivity index (χ0n) is 15.0. The van der Waals surface area contributed by atoms with Crippen LogP contribution in [-0.2, 0) is 9.59 Å². The molecule has 1 unspecified atom stereocenters. The van der Waals surface area contributed by atoms with E-state index in [-0.39, 0.29) is 18.3 Å². The number of nitrogens with zero attached hydrogens (tertiary/aromatic N) is 1. The van der Waals surface area contributed by atoms with E-state index in [0.717, 1.165) is 11.3 Å². The molecule has 0 aliphatic heterocycles. The number of phenols is 1. The Balaban J connectivity index is 1.96. The van der Waals surface area contributed by atoms with Crippen molar-refractivity contribution in [2.45, 2.75) is 6.04 Å². The number of methoxy groups -OCH3 is 1. The number of carbonyl (C=O) groups is 2. The van der Waals surface area contributed by atoms with Gasteiger partial charge in [0.1, 0.15) is 11.5 Å². The third-order valence-electron chi connectivity index (χ3n) is 3.89. The van der Waals surface area contributed by atoms with Crippen LogP contribution in [-0.4, -0.2) is 49.6 Å². The van der Waals surface area contributed by atoms with Crippen LogP contribution >= 0.6 is 0 Å². The molecule has 7 nitrogen and oxygen atoms in total. The summed E-state index contributed by atoms with van der Waals surface area (Å²) in [5.41, 5.74) is 1.34. The van der Waals surface area contributed by atoms with Crippen molar-refractivity contribution in [3.8, 4) is 11.5 Å². The van der Waals surface area contributed by atoms with E-state index in [1.54, 1.807) is 19.2 Å². The number of carbonyl (C=O) groups excluding carboxylic acids is 2. The molecule has 0 bridgehead atoms. The van der Waals surface area contributed by atoms with E-state index in [4.69, 9.17) is 4.74 Å². The van der Waals surface area contributed by atoms with Crippen molar-refractivity contribution in [3.05, 3.63) is 54.1 Å². The Bertz CT molecular complexity index is 760. The maximum Gasteiger partial charge on any atom is 0.313 e. The molecule has 0 aliphatic carbocycles. The Kier molecular flexibility index (Phi) is 6.57. The van der Waals surface area contributed by atoms with Crippen LogP contribution in [0.4, 0.5) is 5.69 Å². The summed E-state index contributed by atoms with van der Waals surface area (Å²) in [6, 6.07) is 13.4. The average molecular weight is 357 g/mol. The summed E-state index contributed by atoms with van der Waals surface area (Å²) >= 11 is 0. The summed E-state index contributed by atoms with van der Waals surface area (Å²) < 4.78 is 5.15. The number of nitrogens with one attached hydrogen (secondary N) is 2. The number of aromatic hydroxyl groups is 1. The van der Waals surface area contributed by atoms with Crippen molar-refractivity contribution < 1.29 is 19.4 Å². The first kappa shape index (κ1) is 19.3. The highest BCUT2D eigenvalue weighted by Crippen LogP contribution is 2.20. The van der Waals surface area contributed by atoms with Gasteiger partial charge in [-0.25, -0.2) is 0 Å². The summed E-state index contributed by atoms with van der Waals surface area (Å²) in [6.07, 6.45) is 0. The first-order chi connectivity index (χ1) is 12.4. The number of benzene rings is 2. The van der Waals surface area contributed by atoms with Crippen molar-refractivity contribution in [2.24, 2.45) is 0 Å². The average Bonchev–Trinajstić information content (AvgIpc) is 2.62. The lowest BCUT2D eigenvalue weighted by molar-refractivity contribution is -0.136. The predicted octanol–water partition coefficient (Wildman–Crippen LogP) is 1.76. The molecule has 0 heterocycles. The minimum Gasteiger partial charge on any atom is -0.508 e. The fourth-order valence-corrected chi connectivity index (χ4v) is 2.47. The molecule has 26 heavy (non-hydrogen) atoms. The molecule has 0 fully saturated rings. The lowest BCUT2D eigenvalue weighted by atomic mass is 10.1. The van der Waals surface area contributed by atoms with Gasteiger partial charge in [-0.3, -0.25) is 9.59 Å². The normalized spacial score (nSPS) is 11.7. The van der Waals surface area contributed by atoms with Gasteiger partial charge in [0.05, 0.1) is 13.2 Å². The molecule has 0 spiro atoms. The van der Waals surface area contributed by atoms with E-state index in [1.807, 2.05) is 43.3 Å². The Morgan fingerprint density at radius 3 is 2.38 bits per heavy atom. The van der Waals surface area contributed by atoms with Crippen LogP contribution < -0.4 is 15.4 Å². The minimum absolute atomic E-state index is 0.00962. The molecule has 0 saturated heterocycles. The Labute approximate surface area is 152 Å². The number of phenolic OH excluding ortho intramolecular Hbond substituents is 1. The monoisotopic (exact) mass is 357 g/mol. The largest absolute Gasteiger partial charge is 0.508 e. The zero-order chi connectivity index (χ0) is 19.1. The first-order valence-corrected chi connectivity index (χ1v) is 8.09. The van der Waals surface area contributed by atoms with Gasteiger partial charge >= 0.3 is 11.8 Å². The van der Waals surface area contributed by atoms with Crippen LogP contribution in [0.1, 0.15) is 11.6 Å². The molecule has 2 rings (SSSR count). The molecule has 1 atom stereocenters. The van der Waals surface area contributed by atoms with E-state index in [9.17, 15) is 14.7 Å². The Hall–Kier alpha value is -3.06. The predicted molar refractivity (Wildman–Crippen MR) is 99.2 cm³/mol. The molecule has 0 aromatic heterocycles. The number of anilines is 1. The highest BCUT2D eigenvalue weighted by atomic mass is 16.5. The molecule has 7 heteroatoms. The molecule has 0 saturated carbocycles. The fraction of sp³-hybridized carbons (Fsp3) is 0.263. The Morgan fingerprint density at radius 1 is 1.12 bits per heavy atom. The van der Waals surface area contributed by atoms with Crippen LogP contribution in [0.15, 0.2) is 48.5 Å². The molecule has 0 radical (unpaired) electrons. The second-order valence-electron chi connectivity index (χ2n) is 5.97. The van der Waals surface area contributed by atoms with E-state index in [0.29, 0.717) is 5.69 Å². The smallest absolute Gasteiger partial charge is 0.313 e. The highest BCUT2D eigenvalue weighted by Gasteiger charge is 2.19. The van der Waals surface area contributed by atoms with Gasteiger partial charge in [-0.05, 0) is 43.9 Å². The zero-order valence-corrected chi connectivity index (χ0v) is 15.0. The van der Waals surface area contributed by atoms with Crippen molar-refractivity contribution >= 4 is 17.5 Å². The number of rotatable bonds is 6. The third-order valence-corrected chi connectivity index (χ3v) is 3.89. The molecule has 0 aliphatic rings. The van der Waals surface area contributed by atoms with Crippen molar-refractivity contribution in [2.75, 3.05) is 33.1 Å². The molecular formula is C19H23N3O4. The lowest BCUT2D eigenvalue weighted by Gasteiger charge is -2.25. The van der Waals surface area contributed by atoms with Crippen molar-refractivity contribution in [3.63, 3.8) is 0 Å². The number of likely N-dealkylation sites (N-methyl/N-ethyl adjacent to an activating group) is 1. The molecule has 2 aromatic carbocycles. The third kappa shape index (κ3) is 5.22. The second-order valence-corrected chi connectivity index (χ2v) is 5.97. The topological polar surface area (TPSA) is 90.9 Å². The van der Waals surface area contributed by atoms with Gasteiger partial charge in [-0.1, -0.05) is 18.2 Å². The quantitative estimate of drug-likeness (QED) is 0.686. The van der Waals surface area contributed by atoms with E-state index in [1.165, 1.54) is 12.1 Å². The van der Waals surface area contributed by atoms with Gasteiger partial charge in [0.25, 0.3) is 0 Å². The fourth-order valence-electron chi connectivity index (χ4n) is 2.47. The standard InChI is InChI=1S/C19H23N3O4/c1-22(2)17(13-7-9-16(26-3)10-8-13)12-20-18(24)19(25)21-14-5-4-6-15(23)11-14/h4-11,17,23H,12H2,1-3H3,(H,20,24)(H,21,25). The minimum atomic E-state index is -0.789. The summed E-state index contributed by atoms with van der Waals surface area (Å²) in [7, 11) is 5.39. The second kappa shape index (κ2) is 8.87. The molecule has 138 valence electrons. The molecule has 3 N–H and O–H groups in total. The van der Waals surface area contributed by atoms with Crippen LogP contribution in [0.25, 0.3) is 0 Å². The van der Waals surface area contributed by atoms with E-state index >= 15 is 0 Å².